The van der Waals surface area contributed by atoms with Gasteiger partial charge in [0.05, 0.1) is 12.2 Å². The van der Waals surface area contributed by atoms with Crippen LogP contribution >= 0.6 is 11.6 Å². The van der Waals surface area contributed by atoms with Crippen molar-refractivity contribution in [3.05, 3.63) is 28.8 Å². The summed E-state index contributed by atoms with van der Waals surface area (Å²) in [5.74, 6) is 1.11. The molecule has 0 bridgehead atoms. The second-order valence-corrected chi connectivity index (χ2v) is 4.71. The molecule has 1 fully saturated rings. The molecule has 1 N–H and O–H groups in total. The van der Waals surface area contributed by atoms with Gasteiger partial charge in [-0.15, -0.1) is 0 Å². The fraction of sp³-hybridized carbons (Fsp3) is 0.462. The molecule has 1 aliphatic rings. The first kappa shape index (κ1) is 12.2. The van der Waals surface area contributed by atoms with Gasteiger partial charge in [-0.3, -0.25) is 0 Å². The van der Waals surface area contributed by atoms with Crippen LogP contribution in [0.1, 0.15) is 18.4 Å². The summed E-state index contributed by atoms with van der Waals surface area (Å²) in [6, 6.07) is 7.21. The first-order valence-electron chi connectivity index (χ1n) is 5.83. The molecule has 0 radical (unpaired) electrons. The van der Waals surface area contributed by atoms with Gasteiger partial charge in [-0.05, 0) is 31.5 Å². The smallest absolute Gasteiger partial charge is 0.138 e. The SMILES string of the molecule is N#Cc1ccc(Cl)cc1OCC1CCCNC1. The number of nitrogens with zero attached hydrogens (tertiary/aromatic N) is 1. The lowest BCUT2D eigenvalue weighted by atomic mass is 10.0. The van der Waals surface area contributed by atoms with Crippen molar-refractivity contribution < 1.29 is 4.74 Å². The number of halogens is 1. The topological polar surface area (TPSA) is 45.0 Å². The second kappa shape index (κ2) is 5.90. The summed E-state index contributed by atoms with van der Waals surface area (Å²) < 4.78 is 5.70. The van der Waals surface area contributed by atoms with Crippen molar-refractivity contribution in [2.75, 3.05) is 19.7 Å². The molecule has 1 unspecified atom stereocenters. The molecule has 3 nitrogen and oxygen atoms in total. The summed E-state index contributed by atoms with van der Waals surface area (Å²) in [6.07, 6.45) is 2.37. The highest BCUT2D eigenvalue weighted by atomic mass is 35.5. The fourth-order valence-corrected chi connectivity index (χ4v) is 2.14. The maximum Gasteiger partial charge on any atom is 0.138 e. The van der Waals surface area contributed by atoms with Crippen LogP contribution in [0.3, 0.4) is 0 Å². The molecule has 1 aromatic rings. The van der Waals surface area contributed by atoms with Gasteiger partial charge in [0.1, 0.15) is 11.8 Å². The van der Waals surface area contributed by atoms with Crippen LogP contribution in [0.25, 0.3) is 0 Å². The third-order valence-electron chi connectivity index (χ3n) is 2.94. The van der Waals surface area contributed by atoms with E-state index in [4.69, 9.17) is 21.6 Å². The average molecular weight is 251 g/mol. The van der Waals surface area contributed by atoms with E-state index in [0.29, 0.717) is 28.9 Å². The van der Waals surface area contributed by atoms with Crippen LogP contribution in [0.5, 0.6) is 5.75 Å². The van der Waals surface area contributed by atoms with Gasteiger partial charge >= 0.3 is 0 Å². The van der Waals surface area contributed by atoms with Crippen molar-refractivity contribution in [2.45, 2.75) is 12.8 Å². The first-order valence-corrected chi connectivity index (χ1v) is 6.20. The average Bonchev–Trinajstić information content (AvgIpc) is 2.38. The van der Waals surface area contributed by atoms with E-state index < -0.39 is 0 Å². The van der Waals surface area contributed by atoms with E-state index in [2.05, 4.69) is 11.4 Å². The molecule has 0 amide bonds. The lowest BCUT2D eigenvalue weighted by Gasteiger charge is -2.23. The van der Waals surface area contributed by atoms with Gasteiger partial charge < -0.3 is 10.1 Å². The lowest BCUT2D eigenvalue weighted by molar-refractivity contribution is 0.218. The Hall–Kier alpha value is -1.24. The molecule has 17 heavy (non-hydrogen) atoms. The van der Waals surface area contributed by atoms with Gasteiger partial charge in [0, 0.05) is 23.6 Å². The molecule has 1 heterocycles. The van der Waals surface area contributed by atoms with E-state index in [-0.39, 0.29) is 0 Å². The molecule has 0 saturated carbocycles. The number of nitriles is 1. The minimum absolute atomic E-state index is 0.522. The molecule has 0 aliphatic carbocycles. The van der Waals surface area contributed by atoms with E-state index in [0.717, 1.165) is 13.1 Å². The van der Waals surface area contributed by atoms with Gasteiger partial charge in [0.2, 0.25) is 0 Å². The normalized spacial score (nSPS) is 19.6. The van der Waals surface area contributed by atoms with Crippen molar-refractivity contribution >= 4 is 11.6 Å². The van der Waals surface area contributed by atoms with Crippen molar-refractivity contribution in [2.24, 2.45) is 5.92 Å². The Morgan fingerprint density at radius 2 is 2.41 bits per heavy atom. The van der Waals surface area contributed by atoms with Gasteiger partial charge in [0.15, 0.2) is 0 Å². The van der Waals surface area contributed by atoms with Gasteiger partial charge in [-0.2, -0.15) is 5.26 Å². The van der Waals surface area contributed by atoms with Gasteiger partial charge in [-0.1, -0.05) is 11.6 Å². The Labute approximate surface area is 106 Å². The molecular formula is C13H15ClN2O. The lowest BCUT2D eigenvalue weighted by Crippen LogP contribution is -2.33. The zero-order chi connectivity index (χ0) is 12.1. The highest BCUT2D eigenvalue weighted by Gasteiger charge is 2.14. The van der Waals surface area contributed by atoms with Crippen molar-refractivity contribution in [1.82, 2.24) is 5.32 Å². The molecule has 2 rings (SSSR count). The van der Waals surface area contributed by atoms with Crippen LogP contribution in [0.4, 0.5) is 0 Å². The van der Waals surface area contributed by atoms with E-state index in [1.54, 1.807) is 18.2 Å². The monoisotopic (exact) mass is 250 g/mol. The number of hydrogen-bond acceptors (Lipinski definition) is 3. The van der Waals surface area contributed by atoms with Crippen molar-refractivity contribution in [3.63, 3.8) is 0 Å². The van der Waals surface area contributed by atoms with Crippen molar-refractivity contribution in [3.8, 4) is 11.8 Å². The van der Waals surface area contributed by atoms with Crippen LogP contribution in [0.15, 0.2) is 18.2 Å². The van der Waals surface area contributed by atoms with E-state index in [1.165, 1.54) is 12.8 Å². The van der Waals surface area contributed by atoms with E-state index in [1.807, 2.05) is 0 Å². The number of ether oxygens (including phenoxy) is 1. The summed E-state index contributed by atoms with van der Waals surface area (Å²) in [5, 5.41) is 12.9. The van der Waals surface area contributed by atoms with Crippen LogP contribution < -0.4 is 10.1 Å². The Kier molecular flexibility index (Phi) is 4.24. The second-order valence-electron chi connectivity index (χ2n) is 4.28. The van der Waals surface area contributed by atoms with Crippen LogP contribution in [0, 0.1) is 17.2 Å². The maximum atomic E-state index is 8.96. The molecule has 1 aliphatic heterocycles. The van der Waals surface area contributed by atoms with Crippen molar-refractivity contribution in [1.29, 1.82) is 5.26 Å². The van der Waals surface area contributed by atoms with Crippen LogP contribution in [-0.2, 0) is 0 Å². The Morgan fingerprint density at radius 3 is 3.12 bits per heavy atom. The quantitative estimate of drug-likeness (QED) is 0.897. The highest BCUT2D eigenvalue weighted by molar-refractivity contribution is 6.30. The van der Waals surface area contributed by atoms with Gasteiger partial charge in [-0.25, -0.2) is 0 Å². The minimum Gasteiger partial charge on any atom is -0.492 e. The molecule has 0 spiro atoms. The maximum absolute atomic E-state index is 8.96. The molecular weight excluding hydrogens is 236 g/mol. The zero-order valence-electron chi connectivity index (χ0n) is 9.58. The summed E-state index contributed by atoms with van der Waals surface area (Å²) in [7, 11) is 0. The largest absolute Gasteiger partial charge is 0.492 e. The molecule has 1 aromatic carbocycles. The zero-order valence-corrected chi connectivity index (χ0v) is 10.3. The predicted octanol–water partition coefficient (Wildman–Crippen LogP) is 2.59. The van der Waals surface area contributed by atoms with Crippen LogP contribution in [-0.4, -0.2) is 19.7 Å². The number of piperidine rings is 1. The van der Waals surface area contributed by atoms with Gasteiger partial charge in [0.25, 0.3) is 0 Å². The van der Waals surface area contributed by atoms with E-state index in [9.17, 15) is 0 Å². The summed E-state index contributed by atoms with van der Waals surface area (Å²) in [5.41, 5.74) is 0.540. The number of hydrogen-bond donors (Lipinski definition) is 1. The third kappa shape index (κ3) is 3.36. The Balaban J connectivity index is 1.98. The number of nitrogens with one attached hydrogen (secondary N) is 1. The standard InChI is InChI=1S/C13H15ClN2O/c14-12-4-3-11(7-15)13(6-12)17-9-10-2-1-5-16-8-10/h3-4,6,10,16H,1-2,5,8-9H2. The minimum atomic E-state index is 0.522. The number of benzene rings is 1. The highest BCUT2D eigenvalue weighted by Crippen LogP contribution is 2.23. The molecule has 4 heteroatoms. The van der Waals surface area contributed by atoms with E-state index >= 15 is 0 Å². The molecule has 0 aromatic heterocycles. The Morgan fingerprint density at radius 1 is 1.53 bits per heavy atom. The fourth-order valence-electron chi connectivity index (χ4n) is 1.98. The number of rotatable bonds is 3. The summed E-state index contributed by atoms with van der Waals surface area (Å²) in [6.45, 7) is 2.72. The predicted molar refractivity (Wildman–Crippen MR) is 67.3 cm³/mol. The van der Waals surface area contributed by atoms with Crippen LogP contribution in [0.2, 0.25) is 5.02 Å². The summed E-state index contributed by atoms with van der Waals surface area (Å²) >= 11 is 5.89. The Bertz CT molecular complexity index is 422. The first-order chi connectivity index (χ1) is 8.29. The molecule has 90 valence electrons. The summed E-state index contributed by atoms with van der Waals surface area (Å²) in [4.78, 5) is 0. The molecule has 1 atom stereocenters. The molecule has 1 saturated heterocycles. The third-order valence-corrected chi connectivity index (χ3v) is 3.17.